The summed E-state index contributed by atoms with van der Waals surface area (Å²) in [5.74, 6) is 0.0148. The molecule has 0 unspecified atom stereocenters. The molecule has 0 radical (unpaired) electrons. The lowest BCUT2D eigenvalue weighted by molar-refractivity contribution is -0.121. The molecule has 0 aliphatic rings. The molecule has 4 aromatic rings. The monoisotopic (exact) mass is 428 g/mol. The fourth-order valence-corrected chi connectivity index (χ4v) is 3.09. The van der Waals surface area contributed by atoms with Gasteiger partial charge in [0.25, 0.3) is 0 Å². The molecule has 0 amide bonds. The summed E-state index contributed by atoms with van der Waals surface area (Å²) in [6.45, 7) is 0.916. The third-order valence-electron chi connectivity index (χ3n) is 4.47. The molecule has 1 aromatic carbocycles. The highest BCUT2D eigenvalue weighted by Gasteiger charge is 2.41. The summed E-state index contributed by atoms with van der Waals surface area (Å²) in [5.41, 5.74) is 6.88. The SMILES string of the molecule is NCCCOc1ccccc1-c1ccc2ncc(N(c3ccccn3)C(F)(F)F)n2n1. The number of ether oxygens (including phenoxy) is 1. The Labute approximate surface area is 175 Å². The van der Waals surface area contributed by atoms with Crippen LogP contribution in [-0.2, 0) is 0 Å². The van der Waals surface area contributed by atoms with Crippen LogP contribution in [0.3, 0.4) is 0 Å². The Morgan fingerprint density at radius 2 is 1.81 bits per heavy atom. The van der Waals surface area contributed by atoms with E-state index in [0.717, 1.165) is 10.7 Å². The minimum Gasteiger partial charge on any atom is -0.493 e. The molecule has 3 heterocycles. The Morgan fingerprint density at radius 3 is 2.55 bits per heavy atom. The normalized spacial score (nSPS) is 11.6. The molecule has 0 spiro atoms. The van der Waals surface area contributed by atoms with Crippen molar-refractivity contribution in [1.29, 1.82) is 0 Å². The van der Waals surface area contributed by atoms with Crippen molar-refractivity contribution in [1.82, 2.24) is 19.6 Å². The zero-order valence-corrected chi connectivity index (χ0v) is 16.3. The van der Waals surface area contributed by atoms with E-state index in [0.29, 0.717) is 36.6 Å². The zero-order chi connectivity index (χ0) is 21.8. The van der Waals surface area contributed by atoms with Crippen LogP contribution in [0, 0.1) is 0 Å². The van der Waals surface area contributed by atoms with Gasteiger partial charge in [0.1, 0.15) is 11.6 Å². The lowest BCUT2D eigenvalue weighted by Gasteiger charge is -2.24. The van der Waals surface area contributed by atoms with Crippen molar-refractivity contribution < 1.29 is 17.9 Å². The number of nitrogens with two attached hydrogens (primary N) is 1. The van der Waals surface area contributed by atoms with E-state index in [1.165, 1.54) is 18.3 Å². The van der Waals surface area contributed by atoms with Crippen molar-refractivity contribution in [2.75, 3.05) is 18.1 Å². The first-order valence-electron chi connectivity index (χ1n) is 9.54. The molecule has 4 rings (SSSR count). The Hall–Kier alpha value is -3.66. The second kappa shape index (κ2) is 8.60. The van der Waals surface area contributed by atoms with E-state index in [9.17, 15) is 13.2 Å². The minimum absolute atomic E-state index is 0.146. The molecule has 31 heavy (non-hydrogen) atoms. The van der Waals surface area contributed by atoms with Gasteiger partial charge in [-0.25, -0.2) is 14.9 Å². The van der Waals surface area contributed by atoms with Gasteiger partial charge < -0.3 is 10.5 Å². The zero-order valence-electron chi connectivity index (χ0n) is 16.3. The van der Waals surface area contributed by atoms with Crippen LogP contribution < -0.4 is 15.4 Å². The third kappa shape index (κ3) is 4.29. The number of anilines is 2. The van der Waals surface area contributed by atoms with E-state index in [4.69, 9.17) is 10.5 Å². The number of halogens is 3. The molecule has 0 aliphatic carbocycles. The predicted octanol–water partition coefficient (Wildman–Crippen LogP) is 4.18. The van der Waals surface area contributed by atoms with Crippen molar-refractivity contribution >= 4 is 17.3 Å². The number of aromatic nitrogens is 4. The maximum absolute atomic E-state index is 13.9. The first-order chi connectivity index (χ1) is 15.0. The van der Waals surface area contributed by atoms with Crippen molar-refractivity contribution in [2.24, 2.45) is 5.73 Å². The largest absolute Gasteiger partial charge is 0.493 e. The Balaban J connectivity index is 1.80. The highest BCUT2D eigenvalue weighted by atomic mass is 19.4. The number of nitrogens with zero attached hydrogens (tertiary/aromatic N) is 5. The smallest absolute Gasteiger partial charge is 0.491 e. The van der Waals surface area contributed by atoms with Crippen LogP contribution in [0.4, 0.5) is 24.8 Å². The molecule has 7 nitrogen and oxygen atoms in total. The highest BCUT2D eigenvalue weighted by Crippen LogP contribution is 2.36. The van der Waals surface area contributed by atoms with Gasteiger partial charge in [0.2, 0.25) is 0 Å². The maximum Gasteiger partial charge on any atom is 0.491 e. The summed E-state index contributed by atoms with van der Waals surface area (Å²) in [5, 5.41) is 4.43. The number of benzene rings is 1. The molecule has 3 aromatic heterocycles. The van der Waals surface area contributed by atoms with Gasteiger partial charge in [-0.3, -0.25) is 0 Å². The summed E-state index contributed by atoms with van der Waals surface area (Å²) >= 11 is 0. The van der Waals surface area contributed by atoms with Gasteiger partial charge >= 0.3 is 6.30 Å². The molecule has 0 fully saturated rings. The summed E-state index contributed by atoms with van der Waals surface area (Å²) in [6, 6.07) is 14.8. The Kier molecular flexibility index (Phi) is 5.72. The van der Waals surface area contributed by atoms with Gasteiger partial charge in [-0.15, -0.1) is 13.2 Å². The van der Waals surface area contributed by atoms with Crippen LogP contribution in [0.1, 0.15) is 6.42 Å². The molecule has 0 saturated heterocycles. The second-order valence-corrected chi connectivity index (χ2v) is 6.58. The second-order valence-electron chi connectivity index (χ2n) is 6.58. The molecular formula is C21H19F3N6O. The molecule has 0 bridgehead atoms. The van der Waals surface area contributed by atoms with Crippen molar-refractivity contribution in [3.05, 3.63) is 67.0 Å². The molecular weight excluding hydrogens is 409 g/mol. The van der Waals surface area contributed by atoms with Crippen molar-refractivity contribution in [2.45, 2.75) is 12.7 Å². The van der Waals surface area contributed by atoms with Crippen molar-refractivity contribution in [3.63, 3.8) is 0 Å². The van der Waals surface area contributed by atoms with Gasteiger partial charge in [0.15, 0.2) is 11.5 Å². The van der Waals surface area contributed by atoms with Gasteiger partial charge in [-0.2, -0.15) is 9.61 Å². The summed E-state index contributed by atoms with van der Waals surface area (Å²) in [6.07, 6.45) is -1.63. The average molecular weight is 428 g/mol. The average Bonchev–Trinajstić information content (AvgIpc) is 3.17. The van der Waals surface area contributed by atoms with Crippen LogP contribution in [-0.4, -0.2) is 39.0 Å². The first kappa shape index (κ1) is 20.6. The summed E-state index contributed by atoms with van der Waals surface area (Å²) in [7, 11) is 0. The fraction of sp³-hybridized carbons (Fsp3) is 0.190. The molecule has 0 aliphatic heterocycles. The number of pyridine rings is 1. The molecule has 2 N–H and O–H groups in total. The highest BCUT2D eigenvalue weighted by molar-refractivity contribution is 5.69. The van der Waals surface area contributed by atoms with E-state index in [1.807, 2.05) is 12.1 Å². The molecule has 10 heteroatoms. The van der Waals surface area contributed by atoms with Crippen LogP contribution in [0.25, 0.3) is 16.9 Å². The first-order valence-corrected chi connectivity index (χ1v) is 9.54. The van der Waals surface area contributed by atoms with Gasteiger partial charge in [-0.05, 0) is 49.4 Å². The predicted molar refractivity (Wildman–Crippen MR) is 110 cm³/mol. The van der Waals surface area contributed by atoms with Crippen LogP contribution in [0.15, 0.2) is 67.0 Å². The fourth-order valence-electron chi connectivity index (χ4n) is 3.09. The number of hydrogen-bond acceptors (Lipinski definition) is 6. The van der Waals surface area contributed by atoms with Crippen molar-refractivity contribution in [3.8, 4) is 17.0 Å². The van der Waals surface area contributed by atoms with E-state index in [1.54, 1.807) is 30.3 Å². The van der Waals surface area contributed by atoms with Gasteiger partial charge in [0.05, 0.1) is 18.5 Å². The minimum atomic E-state index is -4.73. The lowest BCUT2D eigenvalue weighted by atomic mass is 10.1. The van der Waals surface area contributed by atoms with E-state index in [-0.39, 0.29) is 22.2 Å². The Morgan fingerprint density at radius 1 is 1.00 bits per heavy atom. The van der Waals surface area contributed by atoms with Crippen LogP contribution in [0.5, 0.6) is 5.75 Å². The van der Waals surface area contributed by atoms with E-state index >= 15 is 0 Å². The maximum atomic E-state index is 13.9. The third-order valence-corrected chi connectivity index (χ3v) is 4.47. The van der Waals surface area contributed by atoms with E-state index in [2.05, 4.69) is 15.1 Å². The number of fused-ring (bicyclic) bond motifs is 1. The summed E-state index contributed by atoms with van der Waals surface area (Å²) in [4.78, 5) is 8.08. The topological polar surface area (TPSA) is 81.6 Å². The van der Waals surface area contributed by atoms with Gasteiger partial charge in [0, 0.05) is 11.8 Å². The van der Waals surface area contributed by atoms with Gasteiger partial charge in [-0.1, -0.05) is 18.2 Å². The number of rotatable bonds is 7. The number of para-hydroxylation sites is 1. The Bertz CT molecular complexity index is 1160. The molecule has 0 atom stereocenters. The van der Waals surface area contributed by atoms with Crippen LogP contribution >= 0.6 is 0 Å². The van der Waals surface area contributed by atoms with Crippen LogP contribution in [0.2, 0.25) is 0 Å². The standard InChI is InChI=1S/C21H19F3N6O/c22-21(23,24)29(18-8-3-4-12-26-18)20-14-27-19-10-9-16(28-30(19)20)15-6-1-2-7-17(15)31-13-5-11-25/h1-4,6-10,12,14H,5,11,13,25H2. The quantitative estimate of drug-likeness (QED) is 0.351. The van der Waals surface area contributed by atoms with E-state index < -0.39 is 6.30 Å². The number of hydrogen-bond donors (Lipinski definition) is 1. The number of imidazole rings is 1. The summed E-state index contributed by atoms with van der Waals surface area (Å²) < 4.78 is 48.8. The molecule has 0 saturated carbocycles. The lowest BCUT2D eigenvalue weighted by Crippen LogP contribution is -2.35. The molecule has 160 valence electrons. The number of alkyl halides is 3.